The van der Waals surface area contributed by atoms with Crippen LogP contribution in [0.1, 0.15) is 34.3 Å². The zero-order valence-corrected chi connectivity index (χ0v) is 15.7. The van der Waals surface area contributed by atoms with E-state index in [0.29, 0.717) is 11.1 Å². The average molecular weight is 367 g/mol. The summed E-state index contributed by atoms with van der Waals surface area (Å²) in [5, 5.41) is 3.08. The van der Waals surface area contributed by atoms with Crippen molar-refractivity contribution < 1.29 is 9.18 Å². The largest absolute Gasteiger partial charge is 0.342 e. The number of carbonyl (C=O) groups excluding carboxylic acids is 1. The van der Waals surface area contributed by atoms with Crippen molar-refractivity contribution in [3.8, 4) is 0 Å². The summed E-state index contributed by atoms with van der Waals surface area (Å²) in [6.07, 6.45) is 1.56. The van der Waals surface area contributed by atoms with Gasteiger partial charge in [-0.05, 0) is 43.7 Å². The van der Waals surface area contributed by atoms with Crippen LogP contribution in [0.4, 0.5) is 4.39 Å². The van der Waals surface area contributed by atoms with Gasteiger partial charge in [0.15, 0.2) is 0 Å². The molecule has 1 saturated heterocycles. The number of amides is 1. The van der Waals surface area contributed by atoms with Crippen LogP contribution in [0.2, 0.25) is 0 Å². The molecule has 1 aliphatic heterocycles. The predicted molar refractivity (Wildman–Crippen MR) is 104 cm³/mol. The number of hydrogen-bond donors (Lipinski definition) is 1. The molecule has 1 amide bonds. The highest BCUT2D eigenvalue weighted by molar-refractivity contribution is 5.95. The maximum absolute atomic E-state index is 14.2. The molecule has 1 saturated carbocycles. The Morgan fingerprint density at radius 3 is 2.52 bits per heavy atom. The molecule has 2 aliphatic rings. The second kappa shape index (κ2) is 7.41. The molecule has 0 spiro atoms. The minimum Gasteiger partial charge on any atom is -0.342 e. The van der Waals surface area contributed by atoms with Crippen molar-refractivity contribution >= 4 is 5.91 Å². The normalized spacial score (nSPS) is 19.6. The Hall–Kier alpha value is -2.24. The Balaban J connectivity index is 1.44. The smallest absolute Gasteiger partial charge is 0.251 e. The van der Waals surface area contributed by atoms with E-state index in [1.54, 1.807) is 12.1 Å². The lowest BCUT2D eigenvalue weighted by atomic mass is 10.0. The lowest BCUT2D eigenvalue weighted by molar-refractivity contribution is 0.0929. The molecule has 1 heterocycles. The molecule has 4 rings (SSSR count). The number of likely N-dealkylation sites (N-methyl/N-ethyl adjacent to an activating group) is 1. The number of hydrogen-bond acceptors (Lipinski definition) is 3. The van der Waals surface area contributed by atoms with Crippen molar-refractivity contribution in [2.75, 3.05) is 33.2 Å². The first-order chi connectivity index (χ1) is 13.1. The molecule has 1 N–H and O–H groups in total. The Bertz CT molecular complexity index is 826. The summed E-state index contributed by atoms with van der Waals surface area (Å²) in [5.74, 6) is -0.380. The van der Waals surface area contributed by atoms with Gasteiger partial charge in [-0.2, -0.15) is 0 Å². The fourth-order valence-electron chi connectivity index (χ4n) is 3.80. The minimum atomic E-state index is -0.546. The topological polar surface area (TPSA) is 35.6 Å². The molecular formula is C22H26FN3O. The molecule has 4 nitrogen and oxygen atoms in total. The van der Waals surface area contributed by atoms with E-state index in [1.165, 1.54) is 6.07 Å². The lowest BCUT2D eigenvalue weighted by Gasteiger charge is -2.32. The Morgan fingerprint density at radius 2 is 1.81 bits per heavy atom. The van der Waals surface area contributed by atoms with Gasteiger partial charge in [0.05, 0.1) is 5.54 Å². The lowest BCUT2D eigenvalue weighted by Crippen LogP contribution is -2.43. The quantitative estimate of drug-likeness (QED) is 0.883. The third-order valence-corrected chi connectivity index (χ3v) is 5.68. The van der Waals surface area contributed by atoms with Gasteiger partial charge in [0.1, 0.15) is 5.82 Å². The molecule has 0 unspecified atom stereocenters. The van der Waals surface area contributed by atoms with Crippen LogP contribution < -0.4 is 5.32 Å². The van der Waals surface area contributed by atoms with E-state index < -0.39 is 5.54 Å². The fourth-order valence-corrected chi connectivity index (χ4v) is 3.80. The molecule has 1 aliphatic carbocycles. The monoisotopic (exact) mass is 367 g/mol. The molecule has 27 heavy (non-hydrogen) atoms. The highest BCUT2D eigenvalue weighted by Crippen LogP contribution is 2.46. The van der Waals surface area contributed by atoms with Crippen LogP contribution in [0.5, 0.6) is 0 Å². The predicted octanol–water partition coefficient (Wildman–Crippen LogP) is 2.99. The van der Waals surface area contributed by atoms with Crippen LogP contribution in [0, 0.1) is 5.82 Å². The zero-order valence-electron chi connectivity index (χ0n) is 15.7. The van der Waals surface area contributed by atoms with E-state index in [0.717, 1.165) is 51.1 Å². The second-order valence-electron chi connectivity index (χ2n) is 7.80. The summed E-state index contributed by atoms with van der Waals surface area (Å²) in [7, 11) is 2.14. The molecule has 142 valence electrons. The Labute approximate surface area is 160 Å². The number of halogens is 1. The first kappa shape index (κ1) is 18.1. The van der Waals surface area contributed by atoms with Gasteiger partial charge in [0, 0.05) is 43.9 Å². The van der Waals surface area contributed by atoms with Crippen LogP contribution in [-0.2, 0) is 12.1 Å². The number of piperazine rings is 1. The van der Waals surface area contributed by atoms with E-state index in [1.807, 2.05) is 24.3 Å². The van der Waals surface area contributed by atoms with Crippen molar-refractivity contribution in [3.05, 3.63) is 71.0 Å². The number of benzene rings is 2. The summed E-state index contributed by atoms with van der Waals surface area (Å²) < 4.78 is 14.2. The SMILES string of the molecule is CN1CCN(Cc2cccc(C(=O)NC3(c4ccccc4F)CC3)c2)CC1. The zero-order chi connectivity index (χ0) is 18.9. The van der Waals surface area contributed by atoms with Gasteiger partial charge in [-0.15, -0.1) is 0 Å². The first-order valence-electron chi connectivity index (χ1n) is 9.63. The van der Waals surface area contributed by atoms with E-state index in [4.69, 9.17) is 0 Å². The molecule has 0 atom stereocenters. The Morgan fingerprint density at radius 1 is 1.07 bits per heavy atom. The third kappa shape index (κ3) is 4.04. The van der Waals surface area contributed by atoms with E-state index in [2.05, 4.69) is 28.2 Å². The fraction of sp³-hybridized carbons (Fsp3) is 0.409. The summed E-state index contributed by atoms with van der Waals surface area (Å²) in [4.78, 5) is 17.6. The number of nitrogens with zero attached hydrogens (tertiary/aromatic N) is 2. The minimum absolute atomic E-state index is 0.129. The number of rotatable bonds is 5. The molecule has 2 aromatic rings. The second-order valence-corrected chi connectivity index (χ2v) is 7.80. The number of carbonyl (C=O) groups is 1. The van der Waals surface area contributed by atoms with Crippen LogP contribution in [0.25, 0.3) is 0 Å². The van der Waals surface area contributed by atoms with Crippen LogP contribution in [0.3, 0.4) is 0 Å². The van der Waals surface area contributed by atoms with E-state index in [-0.39, 0.29) is 11.7 Å². The maximum Gasteiger partial charge on any atom is 0.251 e. The van der Waals surface area contributed by atoms with Gasteiger partial charge in [0.2, 0.25) is 0 Å². The van der Waals surface area contributed by atoms with Crippen molar-refractivity contribution in [3.63, 3.8) is 0 Å². The standard InChI is InChI=1S/C22H26FN3O/c1-25-11-13-26(14-12-25)16-17-5-4-6-18(15-17)21(27)24-22(9-10-22)19-7-2-3-8-20(19)23/h2-8,15H,9-14,16H2,1H3,(H,24,27). The molecule has 0 aromatic heterocycles. The van der Waals surface area contributed by atoms with Crippen molar-refractivity contribution in [1.82, 2.24) is 15.1 Å². The van der Waals surface area contributed by atoms with Crippen molar-refractivity contribution in [2.24, 2.45) is 0 Å². The number of nitrogens with one attached hydrogen (secondary N) is 1. The summed E-state index contributed by atoms with van der Waals surface area (Å²) >= 11 is 0. The summed E-state index contributed by atoms with van der Waals surface area (Å²) in [5.41, 5.74) is 1.83. The Kier molecular flexibility index (Phi) is 4.98. The molecule has 0 radical (unpaired) electrons. The van der Waals surface area contributed by atoms with Gasteiger partial charge < -0.3 is 10.2 Å². The molecule has 0 bridgehead atoms. The molecular weight excluding hydrogens is 341 g/mol. The summed E-state index contributed by atoms with van der Waals surface area (Å²) in [6, 6.07) is 14.5. The van der Waals surface area contributed by atoms with Gasteiger partial charge in [-0.3, -0.25) is 9.69 Å². The van der Waals surface area contributed by atoms with Gasteiger partial charge in [-0.25, -0.2) is 4.39 Å². The third-order valence-electron chi connectivity index (χ3n) is 5.68. The van der Waals surface area contributed by atoms with Crippen molar-refractivity contribution in [2.45, 2.75) is 24.9 Å². The van der Waals surface area contributed by atoms with Crippen LogP contribution in [0.15, 0.2) is 48.5 Å². The average Bonchev–Trinajstić information content (AvgIpc) is 3.44. The van der Waals surface area contributed by atoms with Crippen molar-refractivity contribution in [1.29, 1.82) is 0 Å². The van der Waals surface area contributed by atoms with E-state index in [9.17, 15) is 9.18 Å². The van der Waals surface area contributed by atoms with Gasteiger partial charge in [0.25, 0.3) is 5.91 Å². The van der Waals surface area contributed by atoms with Gasteiger partial charge in [-0.1, -0.05) is 30.3 Å². The highest BCUT2D eigenvalue weighted by Gasteiger charge is 2.47. The molecule has 2 fully saturated rings. The molecule has 2 aromatic carbocycles. The van der Waals surface area contributed by atoms with Crippen LogP contribution >= 0.6 is 0 Å². The maximum atomic E-state index is 14.2. The molecule has 5 heteroatoms. The summed E-state index contributed by atoms with van der Waals surface area (Å²) in [6.45, 7) is 5.09. The van der Waals surface area contributed by atoms with E-state index >= 15 is 0 Å². The van der Waals surface area contributed by atoms with Gasteiger partial charge >= 0.3 is 0 Å². The first-order valence-corrected chi connectivity index (χ1v) is 9.63. The van der Waals surface area contributed by atoms with Crippen LogP contribution in [-0.4, -0.2) is 48.9 Å². The highest BCUT2D eigenvalue weighted by atomic mass is 19.1.